The van der Waals surface area contributed by atoms with E-state index in [0.29, 0.717) is 18.7 Å². The molecular weight excluding hydrogens is 329 g/mol. The van der Waals surface area contributed by atoms with Gasteiger partial charge >= 0.3 is 0 Å². The second kappa shape index (κ2) is 9.22. The van der Waals surface area contributed by atoms with Crippen LogP contribution in [0, 0.1) is 5.82 Å². The molecule has 0 saturated heterocycles. The lowest BCUT2D eigenvalue weighted by molar-refractivity contribution is 0.541. The summed E-state index contributed by atoms with van der Waals surface area (Å²) in [5.41, 5.74) is 3.30. The van der Waals surface area contributed by atoms with Crippen LogP contribution in [-0.2, 0) is 13.1 Å². The van der Waals surface area contributed by atoms with Gasteiger partial charge in [0.25, 0.3) is 0 Å². The lowest BCUT2D eigenvalue weighted by Crippen LogP contribution is -2.20. The highest BCUT2D eigenvalue weighted by molar-refractivity contribution is 5.60. The van der Waals surface area contributed by atoms with Crippen molar-refractivity contribution in [3.05, 3.63) is 71.7 Å². The van der Waals surface area contributed by atoms with Crippen molar-refractivity contribution in [3.63, 3.8) is 0 Å². The van der Waals surface area contributed by atoms with E-state index in [0.717, 1.165) is 36.5 Å². The summed E-state index contributed by atoms with van der Waals surface area (Å²) in [7, 11) is 1.95. The maximum atomic E-state index is 13.9. The van der Waals surface area contributed by atoms with Crippen LogP contribution in [0.15, 0.2) is 54.6 Å². The Hall–Kier alpha value is -2.57. The number of aromatic nitrogens is 3. The fraction of sp³-hybridized carbons (Fsp3) is 0.300. The largest absolute Gasteiger partial charge is 0.320 e. The number of rotatable bonds is 9. The van der Waals surface area contributed by atoms with Gasteiger partial charge in [-0.05, 0) is 32.6 Å². The molecule has 0 unspecified atom stereocenters. The average molecular weight is 353 g/mol. The summed E-state index contributed by atoms with van der Waals surface area (Å²) >= 11 is 0. The SMILES string of the molecule is CNCCCNCc1nn(Cc2ccccc2F)nc1-c1ccccc1. The molecule has 0 aliphatic heterocycles. The zero-order chi connectivity index (χ0) is 18.2. The topological polar surface area (TPSA) is 54.8 Å². The van der Waals surface area contributed by atoms with Gasteiger partial charge in [0.2, 0.25) is 0 Å². The van der Waals surface area contributed by atoms with Gasteiger partial charge in [-0.3, -0.25) is 0 Å². The van der Waals surface area contributed by atoms with Crippen molar-refractivity contribution in [2.45, 2.75) is 19.5 Å². The lowest BCUT2D eigenvalue weighted by Gasteiger charge is -2.04. The maximum Gasteiger partial charge on any atom is 0.128 e. The molecule has 0 aliphatic carbocycles. The normalized spacial score (nSPS) is 11.0. The predicted octanol–water partition coefficient (Wildman–Crippen LogP) is 2.83. The standard InChI is InChI=1S/C20H24FN5/c1-22-12-7-13-23-14-19-20(16-8-3-2-4-9-16)25-26(24-19)15-17-10-5-6-11-18(17)21/h2-6,8-11,22-23H,7,12-15H2,1H3. The van der Waals surface area contributed by atoms with E-state index in [1.54, 1.807) is 16.9 Å². The van der Waals surface area contributed by atoms with E-state index in [9.17, 15) is 4.39 Å². The second-order valence-corrected chi connectivity index (χ2v) is 6.12. The van der Waals surface area contributed by atoms with Gasteiger partial charge in [0, 0.05) is 17.7 Å². The number of hydrogen-bond acceptors (Lipinski definition) is 4. The highest BCUT2D eigenvalue weighted by Gasteiger charge is 2.14. The van der Waals surface area contributed by atoms with E-state index < -0.39 is 0 Å². The highest BCUT2D eigenvalue weighted by atomic mass is 19.1. The maximum absolute atomic E-state index is 13.9. The molecule has 0 amide bonds. The Labute approximate surface area is 153 Å². The molecule has 3 aromatic rings. The number of hydrogen-bond donors (Lipinski definition) is 2. The summed E-state index contributed by atoms with van der Waals surface area (Å²) in [6.07, 6.45) is 1.04. The van der Waals surface area contributed by atoms with Crippen LogP contribution in [0.25, 0.3) is 11.3 Å². The molecule has 0 fully saturated rings. The Morgan fingerprint density at radius 3 is 2.50 bits per heavy atom. The van der Waals surface area contributed by atoms with Crippen LogP contribution in [0.4, 0.5) is 4.39 Å². The molecule has 0 aliphatic rings. The number of nitrogens with one attached hydrogen (secondary N) is 2. The Morgan fingerprint density at radius 1 is 0.962 bits per heavy atom. The van der Waals surface area contributed by atoms with E-state index in [2.05, 4.69) is 20.8 Å². The first kappa shape index (κ1) is 18.2. The first-order chi connectivity index (χ1) is 12.8. The number of nitrogens with zero attached hydrogens (tertiary/aromatic N) is 3. The third kappa shape index (κ3) is 4.74. The monoisotopic (exact) mass is 353 g/mol. The van der Waals surface area contributed by atoms with Crippen LogP contribution in [0.5, 0.6) is 0 Å². The molecule has 26 heavy (non-hydrogen) atoms. The van der Waals surface area contributed by atoms with E-state index in [1.807, 2.05) is 43.4 Å². The smallest absolute Gasteiger partial charge is 0.128 e. The van der Waals surface area contributed by atoms with E-state index >= 15 is 0 Å². The van der Waals surface area contributed by atoms with Crippen molar-refractivity contribution in [2.75, 3.05) is 20.1 Å². The fourth-order valence-electron chi connectivity index (χ4n) is 2.77. The fourth-order valence-corrected chi connectivity index (χ4v) is 2.77. The molecular formula is C20H24FN5. The van der Waals surface area contributed by atoms with Crippen LogP contribution >= 0.6 is 0 Å². The molecule has 2 aromatic carbocycles. The summed E-state index contributed by atoms with van der Waals surface area (Å²) in [6, 6.07) is 16.7. The van der Waals surface area contributed by atoms with Crippen molar-refractivity contribution in [1.82, 2.24) is 25.6 Å². The summed E-state index contributed by atoms with van der Waals surface area (Å²) in [5, 5.41) is 15.8. The van der Waals surface area contributed by atoms with E-state index in [4.69, 9.17) is 0 Å². The van der Waals surface area contributed by atoms with Gasteiger partial charge < -0.3 is 10.6 Å². The molecule has 1 heterocycles. The minimum absolute atomic E-state index is 0.238. The van der Waals surface area contributed by atoms with Crippen LogP contribution in [0.3, 0.4) is 0 Å². The molecule has 3 rings (SSSR count). The van der Waals surface area contributed by atoms with Crippen molar-refractivity contribution in [2.24, 2.45) is 0 Å². The summed E-state index contributed by atoms with van der Waals surface area (Å²) in [6.45, 7) is 2.81. The van der Waals surface area contributed by atoms with Gasteiger partial charge in [0.05, 0.1) is 6.54 Å². The zero-order valence-corrected chi connectivity index (χ0v) is 15.0. The van der Waals surface area contributed by atoms with Crippen LogP contribution in [0.2, 0.25) is 0 Å². The van der Waals surface area contributed by atoms with Crippen molar-refractivity contribution in [1.29, 1.82) is 0 Å². The second-order valence-electron chi connectivity index (χ2n) is 6.12. The van der Waals surface area contributed by atoms with Crippen molar-refractivity contribution >= 4 is 0 Å². The third-order valence-corrected chi connectivity index (χ3v) is 4.11. The van der Waals surface area contributed by atoms with Crippen LogP contribution < -0.4 is 10.6 Å². The summed E-state index contributed by atoms with van der Waals surface area (Å²) in [4.78, 5) is 1.57. The van der Waals surface area contributed by atoms with E-state index in [1.165, 1.54) is 6.07 Å². The molecule has 0 spiro atoms. The molecule has 0 bridgehead atoms. The predicted molar refractivity (Wildman–Crippen MR) is 101 cm³/mol. The minimum atomic E-state index is -0.238. The molecule has 5 nitrogen and oxygen atoms in total. The minimum Gasteiger partial charge on any atom is -0.320 e. The lowest BCUT2D eigenvalue weighted by atomic mass is 10.1. The van der Waals surface area contributed by atoms with E-state index in [-0.39, 0.29) is 5.82 Å². The van der Waals surface area contributed by atoms with Gasteiger partial charge in [0.15, 0.2) is 0 Å². The first-order valence-corrected chi connectivity index (χ1v) is 8.86. The van der Waals surface area contributed by atoms with Gasteiger partial charge in [0.1, 0.15) is 17.2 Å². The van der Waals surface area contributed by atoms with Crippen LogP contribution in [-0.4, -0.2) is 35.1 Å². The molecule has 0 radical (unpaired) electrons. The quantitative estimate of drug-likeness (QED) is 0.581. The van der Waals surface area contributed by atoms with Crippen LogP contribution in [0.1, 0.15) is 17.7 Å². The molecule has 0 saturated carbocycles. The van der Waals surface area contributed by atoms with Gasteiger partial charge in [-0.15, -0.1) is 0 Å². The van der Waals surface area contributed by atoms with Crippen molar-refractivity contribution < 1.29 is 4.39 Å². The molecule has 0 atom stereocenters. The van der Waals surface area contributed by atoms with Gasteiger partial charge in [-0.1, -0.05) is 48.5 Å². The molecule has 2 N–H and O–H groups in total. The summed E-state index contributed by atoms with van der Waals surface area (Å²) < 4.78 is 13.9. The first-order valence-electron chi connectivity index (χ1n) is 8.86. The Kier molecular flexibility index (Phi) is 6.46. The molecule has 136 valence electrons. The Bertz CT molecular complexity index is 816. The van der Waals surface area contributed by atoms with Crippen molar-refractivity contribution in [3.8, 4) is 11.3 Å². The Morgan fingerprint density at radius 2 is 1.73 bits per heavy atom. The zero-order valence-electron chi connectivity index (χ0n) is 15.0. The molecule has 1 aromatic heterocycles. The van der Waals surface area contributed by atoms with Gasteiger partial charge in [-0.2, -0.15) is 15.0 Å². The van der Waals surface area contributed by atoms with Gasteiger partial charge in [-0.25, -0.2) is 4.39 Å². The third-order valence-electron chi connectivity index (χ3n) is 4.11. The average Bonchev–Trinajstić information content (AvgIpc) is 3.07. The summed E-state index contributed by atoms with van der Waals surface area (Å²) in [5.74, 6) is -0.238. The highest BCUT2D eigenvalue weighted by Crippen LogP contribution is 2.20. The Balaban J connectivity index is 1.79. The number of benzene rings is 2. The number of halogens is 1. The molecule has 6 heteroatoms.